The highest BCUT2D eigenvalue weighted by Crippen LogP contribution is 2.60. The number of benzene rings is 1. The molecule has 2 aromatic rings. The summed E-state index contributed by atoms with van der Waals surface area (Å²) >= 11 is 3.57. The zero-order valence-electron chi connectivity index (χ0n) is 17.9. The average Bonchev–Trinajstić information content (AvgIpc) is 3.50. The van der Waals surface area contributed by atoms with Gasteiger partial charge in [-0.2, -0.15) is 0 Å². The molecule has 0 radical (unpaired) electrons. The number of para-hydroxylation sites is 1. The van der Waals surface area contributed by atoms with Crippen LogP contribution in [0.15, 0.2) is 24.3 Å². The molecule has 1 aromatic carbocycles. The number of rotatable bonds is 7. The van der Waals surface area contributed by atoms with Gasteiger partial charge in [-0.25, -0.2) is 4.68 Å². The molecule has 3 aliphatic rings. The van der Waals surface area contributed by atoms with E-state index < -0.39 is 41.5 Å². The predicted octanol–water partition coefficient (Wildman–Crippen LogP) is -0.192. The lowest BCUT2D eigenvalue weighted by molar-refractivity contribution is -0.154. The van der Waals surface area contributed by atoms with Crippen molar-refractivity contribution in [3.8, 4) is 0 Å². The Hall–Kier alpha value is -2.57. The molecule has 11 nitrogen and oxygen atoms in total. The van der Waals surface area contributed by atoms with Gasteiger partial charge < -0.3 is 24.8 Å². The van der Waals surface area contributed by atoms with E-state index in [4.69, 9.17) is 9.47 Å². The van der Waals surface area contributed by atoms with Crippen LogP contribution in [0.5, 0.6) is 0 Å². The van der Waals surface area contributed by atoms with Gasteiger partial charge in [0.05, 0.1) is 36.7 Å². The van der Waals surface area contributed by atoms with Gasteiger partial charge in [0.15, 0.2) is 0 Å². The van der Waals surface area contributed by atoms with Crippen molar-refractivity contribution < 1.29 is 29.0 Å². The quantitative estimate of drug-likeness (QED) is 0.378. The number of aliphatic hydroxyl groups excluding tert-OH is 1. The van der Waals surface area contributed by atoms with E-state index in [0.29, 0.717) is 11.9 Å². The standard InChI is InChI=1S/C21H24BrN5O6/c1-2-32-20(31)14-15-19(30)26(7-8-28)17(21(15)9-11(22)16(14)33-21)18(29)23-10-27-13-6-4-3-5-12(13)24-25-27/h3-6,11,14-17,28H,2,7-10H2,1H3,(H,23,29)/t11?,14-,15+,16-,17?,21?/m1/s1. The largest absolute Gasteiger partial charge is 0.466 e. The molecule has 6 atom stereocenters. The number of ether oxygens (including phenoxy) is 2. The van der Waals surface area contributed by atoms with Gasteiger partial charge in [0, 0.05) is 11.4 Å². The number of hydrogen-bond donors (Lipinski definition) is 2. The lowest BCUT2D eigenvalue weighted by Crippen LogP contribution is -2.56. The van der Waals surface area contributed by atoms with Gasteiger partial charge >= 0.3 is 5.97 Å². The highest BCUT2D eigenvalue weighted by molar-refractivity contribution is 9.09. The Morgan fingerprint density at radius 2 is 2.18 bits per heavy atom. The number of nitrogens with zero attached hydrogens (tertiary/aromatic N) is 4. The van der Waals surface area contributed by atoms with Crippen LogP contribution in [0.3, 0.4) is 0 Å². The minimum absolute atomic E-state index is 0.0419. The second-order valence-electron chi connectivity index (χ2n) is 8.45. The van der Waals surface area contributed by atoms with Crippen LogP contribution in [0.25, 0.3) is 11.0 Å². The van der Waals surface area contributed by atoms with Gasteiger partial charge in [0.25, 0.3) is 0 Å². The van der Waals surface area contributed by atoms with Crippen LogP contribution in [-0.4, -0.2) is 85.1 Å². The summed E-state index contributed by atoms with van der Waals surface area (Å²) in [5.41, 5.74) is 0.266. The van der Waals surface area contributed by atoms with E-state index in [1.807, 2.05) is 24.3 Å². The van der Waals surface area contributed by atoms with Gasteiger partial charge in [0.2, 0.25) is 11.8 Å². The smallest absolute Gasteiger partial charge is 0.312 e. The van der Waals surface area contributed by atoms with Crippen LogP contribution in [0.2, 0.25) is 0 Å². The number of alkyl halides is 1. The molecule has 12 heteroatoms. The first-order valence-electron chi connectivity index (χ1n) is 10.9. The SMILES string of the molecule is CCOC(=O)[C@H]1[C@@H]2OC3(CC2Br)C(C(=O)NCn2nnc4ccccc42)N(CCO)C(=O)[C@H]13. The monoisotopic (exact) mass is 521 g/mol. The Labute approximate surface area is 197 Å². The highest BCUT2D eigenvalue weighted by Gasteiger charge is 2.76. The second kappa shape index (κ2) is 8.33. The van der Waals surface area contributed by atoms with E-state index in [2.05, 4.69) is 31.6 Å². The van der Waals surface area contributed by atoms with Gasteiger partial charge in [-0.05, 0) is 25.5 Å². The van der Waals surface area contributed by atoms with Crippen LogP contribution in [0.4, 0.5) is 0 Å². The van der Waals surface area contributed by atoms with Crippen molar-refractivity contribution in [1.82, 2.24) is 25.2 Å². The molecule has 0 aliphatic carbocycles. The number of esters is 1. The maximum atomic E-state index is 13.5. The highest BCUT2D eigenvalue weighted by atomic mass is 79.9. The van der Waals surface area contributed by atoms with Crippen molar-refractivity contribution in [2.75, 3.05) is 19.8 Å². The van der Waals surface area contributed by atoms with Crippen LogP contribution >= 0.6 is 15.9 Å². The summed E-state index contributed by atoms with van der Waals surface area (Å²) < 4.78 is 13.1. The zero-order chi connectivity index (χ0) is 23.3. The van der Waals surface area contributed by atoms with Gasteiger partial charge in [-0.15, -0.1) is 5.10 Å². The summed E-state index contributed by atoms with van der Waals surface area (Å²) in [6.45, 7) is 1.56. The average molecular weight is 522 g/mol. The number of nitrogens with one attached hydrogen (secondary N) is 1. The van der Waals surface area contributed by atoms with Crippen molar-refractivity contribution >= 4 is 44.7 Å². The molecule has 2 amide bonds. The number of carbonyl (C=O) groups excluding carboxylic acids is 3. The topological polar surface area (TPSA) is 136 Å². The molecule has 3 saturated heterocycles. The van der Waals surface area contributed by atoms with E-state index in [9.17, 15) is 19.5 Å². The molecule has 1 spiro atoms. The summed E-state index contributed by atoms with van der Waals surface area (Å²) in [6.07, 6.45) is -0.181. The van der Waals surface area contributed by atoms with Crippen LogP contribution < -0.4 is 5.32 Å². The molecule has 3 unspecified atom stereocenters. The van der Waals surface area contributed by atoms with Crippen molar-refractivity contribution in [3.05, 3.63) is 24.3 Å². The summed E-state index contributed by atoms with van der Waals surface area (Å²) in [5.74, 6) is -2.98. The molecule has 33 heavy (non-hydrogen) atoms. The number of aromatic nitrogens is 3. The predicted molar refractivity (Wildman–Crippen MR) is 117 cm³/mol. The third kappa shape index (κ3) is 3.26. The molecule has 1 aromatic heterocycles. The zero-order valence-corrected chi connectivity index (χ0v) is 19.5. The van der Waals surface area contributed by atoms with Crippen molar-refractivity contribution in [2.24, 2.45) is 11.8 Å². The first-order valence-corrected chi connectivity index (χ1v) is 11.8. The van der Waals surface area contributed by atoms with Crippen LogP contribution in [0.1, 0.15) is 13.3 Å². The van der Waals surface area contributed by atoms with Crippen LogP contribution in [-0.2, 0) is 30.5 Å². The maximum Gasteiger partial charge on any atom is 0.312 e. The molecule has 0 saturated carbocycles. The van der Waals surface area contributed by atoms with E-state index in [0.717, 1.165) is 5.52 Å². The Morgan fingerprint density at radius 1 is 1.39 bits per heavy atom. The minimum Gasteiger partial charge on any atom is -0.466 e. The normalized spacial score (nSPS) is 32.4. The number of likely N-dealkylation sites (tertiary alicyclic amines) is 1. The third-order valence-corrected chi connectivity index (χ3v) is 7.61. The van der Waals surface area contributed by atoms with E-state index in [-0.39, 0.29) is 37.2 Å². The Balaban J connectivity index is 1.44. The Morgan fingerprint density at radius 3 is 2.94 bits per heavy atom. The molecule has 2 N–H and O–H groups in total. The lowest BCUT2D eigenvalue weighted by Gasteiger charge is -2.33. The van der Waals surface area contributed by atoms with Crippen molar-refractivity contribution in [1.29, 1.82) is 0 Å². The fourth-order valence-electron chi connectivity index (χ4n) is 5.57. The van der Waals surface area contributed by atoms with Gasteiger partial charge in [-0.1, -0.05) is 33.3 Å². The fraction of sp³-hybridized carbons (Fsp3) is 0.571. The second-order valence-corrected chi connectivity index (χ2v) is 9.62. The number of β-amino-alcohol motifs (C(OH)–C–C–N with tert-alkyl or cyclic N) is 1. The summed E-state index contributed by atoms with van der Waals surface area (Å²) in [4.78, 5) is 40.8. The number of halogens is 1. The van der Waals surface area contributed by atoms with E-state index >= 15 is 0 Å². The fourth-order valence-corrected chi connectivity index (χ4v) is 6.51. The molecular formula is C21H24BrN5O6. The molecule has 176 valence electrons. The van der Waals surface area contributed by atoms with Gasteiger partial charge in [0.1, 0.15) is 23.8 Å². The Kier molecular flexibility index (Phi) is 5.61. The number of amides is 2. The summed E-state index contributed by atoms with van der Waals surface area (Å²) in [5, 5.41) is 20.6. The summed E-state index contributed by atoms with van der Waals surface area (Å²) in [6, 6.07) is 6.36. The van der Waals surface area contributed by atoms with E-state index in [1.54, 1.807) is 11.6 Å². The Bertz CT molecular complexity index is 1110. The lowest BCUT2D eigenvalue weighted by atomic mass is 9.70. The number of carbonyl (C=O) groups is 3. The van der Waals surface area contributed by atoms with E-state index in [1.165, 1.54) is 4.90 Å². The third-order valence-electron chi connectivity index (χ3n) is 6.76. The first kappa shape index (κ1) is 22.2. The number of fused-ring (bicyclic) bond motifs is 2. The molecule has 3 fully saturated rings. The first-order chi connectivity index (χ1) is 15.9. The van der Waals surface area contributed by atoms with Crippen molar-refractivity contribution in [3.63, 3.8) is 0 Å². The van der Waals surface area contributed by atoms with Crippen LogP contribution in [0, 0.1) is 11.8 Å². The van der Waals surface area contributed by atoms with Gasteiger partial charge in [-0.3, -0.25) is 14.4 Å². The molecular weight excluding hydrogens is 498 g/mol. The maximum absolute atomic E-state index is 13.5. The number of aliphatic hydroxyl groups is 1. The molecule has 4 heterocycles. The van der Waals surface area contributed by atoms with Crippen molar-refractivity contribution in [2.45, 2.75) is 42.6 Å². The number of hydrogen-bond acceptors (Lipinski definition) is 8. The molecule has 3 aliphatic heterocycles. The summed E-state index contributed by atoms with van der Waals surface area (Å²) in [7, 11) is 0. The minimum atomic E-state index is -1.18. The molecule has 5 rings (SSSR count). The molecule has 2 bridgehead atoms.